The summed E-state index contributed by atoms with van der Waals surface area (Å²) in [5.74, 6) is 0.997. The molecule has 26 heavy (non-hydrogen) atoms. The highest BCUT2D eigenvalue weighted by Gasteiger charge is 2.22. The first-order valence-electron chi connectivity index (χ1n) is 8.90. The zero-order valence-electron chi connectivity index (χ0n) is 15.5. The molecule has 0 fully saturated rings. The van der Waals surface area contributed by atoms with Crippen LogP contribution in [-0.4, -0.2) is 32.4 Å². The maximum Gasteiger partial charge on any atom is 0.243 e. The molecule has 0 aliphatic carbocycles. The van der Waals surface area contributed by atoms with E-state index < -0.39 is 10.0 Å². The highest BCUT2D eigenvalue weighted by molar-refractivity contribution is 7.89. The number of nitrogens with zero attached hydrogens (tertiary/aromatic N) is 1. The minimum Gasteiger partial charge on any atom is -0.493 e. The first-order chi connectivity index (χ1) is 12.4. The van der Waals surface area contributed by atoms with Crippen LogP contribution in [0.3, 0.4) is 0 Å². The van der Waals surface area contributed by atoms with Crippen molar-refractivity contribution in [3.05, 3.63) is 59.2 Å². The number of hydrogen-bond acceptors (Lipinski definition) is 4. The number of ether oxygens (including phenoxy) is 1. The Morgan fingerprint density at radius 1 is 1.08 bits per heavy atom. The largest absolute Gasteiger partial charge is 0.493 e. The van der Waals surface area contributed by atoms with Crippen molar-refractivity contribution in [2.75, 3.05) is 13.7 Å². The minimum absolute atomic E-state index is 0.0703. The predicted octanol–water partition coefficient (Wildman–Crippen LogP) is 2.94. The zero-order valence-corrected chi connectivity index (χ0v) is 16.3. The molecule has 1 heterocycles. The number of sulfonamides is 1. The number of hydrogen-bond donors (Lipinski definition) is 1. The molecule has 0 amide bonds. The highest BCUT2D eigenvalue weighted by atomic mass is 32.2. The Balaban J connectivity index is 1.58. The molecule has 0 aromatic heterocycles. The molecule has 0 unspecified atom stereocenters. The van der Waals surface area contributed by atoms with E-state index in [-0.39, 0.29) is 6.04 Å². The molecule has 0 bridgehead atoms. The summed E-state index contributed by atoms with van der Waals surface area (Å²) in [6.07, 6.45) is 0.976. The summed E-state index contributed by atoms with van der Waals surface area (Å²) in [5.41, 5.74) is 3.56. The third-order valence-corrected chi connectivity index (χ3v) is 6.79. The molecule has 5 nitrogen and oxygen atoms in total. The van der Waals surface area contributed by atoms with Gasteiger partial charge in [-0.15, -0.1) is 0 Å². The fourth-order valence-corrected chi connectivity index (χ4v) is 4.29. The van der Waals surface area contributed by atoms with Gasteiger partial charge in [0.25, 0.3) is 0 Å². The molecule has 0 saturated carbocycles. The Labute approximate surface area is 156 Å². The summed E-state index contributed by atoms with van der Waals surface area (Å²) in [6.45, 7) is 5.95. The van der Waals surface area contributed by atoms with Crippen LogP contribution in [0.25, 0.3) is 0 Å². The second-order valence-corrected chi connectivity index (χ2v) is 8.90. The van der Waals surface area contributed by atoms with E-state index in [1.54, 1.807) is 19.2 Å². The number of benzene rings is 2. The van der Waals surface area contributed by atoms with Gasteiger partial charge in [-0.05, 0) is 48.7 Å². The van der Waals surface area contributed by atoms with Crippen molar-refractivity contribution in [1.82, 2.24) is 9.62 Å². The molecule has 2 aromatic carbocycles. The monoisotopic (exact) mass is 374 g/mol. The van der Waals surface area contributed by atoms with E-state index in [4.69, 9.17) is 4.74 Å². The first-order valence-corrected chi connectivity index (χ1v) is 10.3. The Morgan fingerprint density at radius 2 is 1.73 bits per heavy atom. The Kier molecular flexibility index (Phi) is 5.65. The lowest BCUT2D eigenvalue weighted by molar-refractivity contribution is 0.357. The van der Waals surface area contributed by atoms with E-state index in [9.17, 15) is 8.42 Å². The van der Waals surface area contributed by atoms with E-state index in [1.807, 2.05) is 32.0 Å². The number of fused-ring (bicyclic) bond motifs is 1. The SMILES string of the molecule is CC(C)N(C)S(=O)(=O)c1ccc(CNCc2ccc3c(c2)CCO3)cc1. The average Bonchev–Trinajstić information content (AvgIpc) is 3.09. The van der Waals surface area contributed by atoms with Crippen molar-refractivity contribution < 1.29 is 13.2 Å². The molecule has 0 atom stereocenters. The summed E-state index contributed by atoms with van der Waals surface area (Å²) >= 11 is 0. The average molecular weight is 375 g/mol. The standard InChI is InChI=1S/C20H26N2O3S/c1-15(2)22(3)26(23,24)19-7-4-16(5-8-19)13-21-14-17-6-9-20-18(12-17)10-11-25-20/h4-9,12,15,21H,10-11,13-14H2,1-3H3. The van der Waals surface area contributed by atoms with Gasteiger partial charge in [-0.2, -0.15) is 4.31 Å². The van der Waals surface area contributed by atoms with Crippen LogP contribution >= 0.6 is 0 Å². The lowest BCUT2D eigenvalue weighted by Crippen LogP contribution is -2.33. The van der Waals surface area contributed by atoms with E-state index in [0.717, 1.165) is 30.9 Å². The van der Waals surface area contributed by atoms with Gasteiger partial charge in [0.2, 0.25) is 10.0 Å². The van der Waals surface area contributed by atoms with Gasteiger partial charge in [0, 0.05) is 32.6 Å². The molecule has 1 N–H and O–H groups in total. The maximum absolute atomic E-state index is 12.5. The summed E-state index contributed by atoms with van der Waals surface area (Å²) in [4.78, 5) is 0.330. The lowest BCUT2D eigenvalue weighted by atomic mass is 10.1. The molecule has 0 radical (unpaired) electrons. The quantitative estimate of drug-likeness (QED) is 0.810. The van der Waals surface area contributed by atoms with Crippen molar-refractivity contribution in [3.8, 4) is 5.75 Å². The van der Waals surface area contributed by atoms with Gasteiger partial charge in [0.15, 0.2) is 0 Å². The third-order valence-electron chi connectivity index (χ3n) is 4.74. The van der Waals surface area contributed by atoms with Crippen LogP contribution in [0.5, 0.6) is 5.75 Å². The lowest BCUT2D eigenvalue weighted by Gasteiger charge is -2.21. The van der Waals surface area contributed by atoms with E-state index in [1.165, 1.54) is 15.4 Å². The topological polar surface area (TPSA) is 58.6 Å². The van der Waals surface area contributed by atoms with Crippen LogP contribution in [0.4, 0.5) is 0 Å². The maximum atomic E-state index is 12.5. The van der Waals surface area contributed by atoms with E-state index in [2.05, 4.69) is 17.4 Å². The first kappa shape index (κ1) is 18.9. The van der Waals surface area contributed by atoms with E-state index in [0.29, 0.717) is 11.4 Å². The van der Waals surface area contributed by atoms with Crippen LogP contribution in [-0.2, 0) is 29.5 Å². The van der Waals surface area contributed by atoms with Crippen molar-refractivity contribution >= 4 is 10.0 Å². The molecular weight excluding hydrogens is 348 g/mol. The third kappa shape index (κ3) is 4.09. The predicted molar refractivity (Wildman–Crippen MR) is 103 cm³/mol. The van der Waals surface area contributed by atoms with Crippen LogP contribution < -0.4 is 10.1 Å². The van der Waals surface area contributed by atoms with Crippen LogP contribution in [0.15, 0.2) is 47.4 Å². The van der Waals surface area contributed by atoms with Gasteiger partial charge in [0.1, 0.15) is 5.75 Å². The Hall–Kier alpha value is -1.89. The fraction of sp³-hybridized carbons (Fsp3) is 0.400. The van der Waals surface area contributed by atoms with Crippen LogP contribution in [0.1, 0.15) is 30.5 Å². The van der Waals surface area contributed by atoms with Crippen LogP contribution in [0, 0.1) is 0 Å². The van der Waals surface area contributed by atoms with Gasteiger partial charge in [-0.3, -0.25) is 0 Å². The Morgan fingerprint density at radius 3 is 2.42 bits per heavy atom. The molecule has 2 aromatic rings. The summed E-state index contributed by atoms with van der Waals surface area (Å²) in [5, 5.41) is 3.41. The molecule has 3 rings (SSSR count). The van der Waals surface area contributed by atoms with Gasteiger partial charge < -0.3 is 10.1 Å². The summed E-state index contributed by atoms with van der Waals surface area (Å²) in [7, 11) is -1.82. The van der Waals surface area contributed by atoms with Gasteiger partial charge >= 0.3 is 0 Å². The summed E-state index contributed by atoms with van der Waals surface area (Å²) < 4.78 is 31.9. The van der Waals surface area contributed by atoms with Crippen molar-refractivity contribution in [2.24, 2.45) is 0 Å². The van der Waals surface area contributed by atoms with E-state index >= 15 is 0 Å². The fourth-order valence-electron chi connectivity index (χ4n) is 2.92. The molecule has 6 heteroatoms. The smallest absolute Gasteiger partial charge is 0.243 e. The van der Waals surface area contributed by atoms with Gasteiger partial charge in [0.05, 0.1) is 11.5 Å². The molecule has 140 valence electrons. The molecule has 1 aliphatic heterocycles. The van der Waals surface area contributed by atoms with Crippen molar-refractivity contribution in [2.45, 2.75) is 44.3 Å². The van der Waals surface area contributed by atoms with Gasteiger partial charge in [-0.25, -0.2) is 8.42 Å². The normalized spacial score (nSPS) is 13.9. The van der Waals surface area contributed by atoms with Crippen LogP contribution in [0.2, 0.25) is 0 Å². The minimum atomic E-state index is -3.42. The molecular formula is C20H26N2O3S. The molecule has 0 spiro atoms. The number of rotatable bonds is 7. The van der Waals surface area contributed by atoms with Gasteiger partial charge in [-0.1, -0.05) is 24.3 Å². The Bertz CT molecular complexity index is 861. The van der Waals surface area contributed by atoms with Crippen molar-refractivity contribution in [1.29, 1.82) is 0 Å². The highest BCUT2D eigenvalue weighted by Crippen LogP contribution is 2.25. The second-order valence-electron chi connectivity index (χ2n) is 6.90. The molecule has 1 aliphatic rings. The number of nitrogens with one attached hydrogen (secondary N) is 1. The van der Waals surface area contributed by atoms with Crippen molar-refractivity contribution in [3.63, 3.8) is 0 Å². The summed E-state index contributed by atoms with van der Waals surface area (Å²) in [6, 6.07) is 13.3. The molecule has 0 saturated heterocycles. The second kappa shape index (κ2) is 7.78. The zero-order chi connectivity index (χ0) is 18.7.